The van der Waals surface area contributed by atoms with Gasteiger partial charge in [0.1, 0.15) is 0 Å². The highest BCUT2D eigenvalue weighted by atomic mass is 19.2. The van der Waals surface area contributed by atoms with E-state index < -0.39 is 17.4 Å². The van der Waals surface area contributed by atoms with Gasteiger partial charge in [-0.05, 0) is 42.9 Å². The smallest absolute Gasteiger partial charge is 0.200 e. The zero-order chi connectivity index (χ0) is 11.7. The number of allylic oxidation sites excluding steroid dienone is 2. The number of halogens is 2. The number of hydrogen-bond donors (Lipinski definition) is 1. The van der Waals surface area contributed by atoms with Gasteiger partial charge in [0.25, 0.3) is 0 Å². The molecule has 16 heavy (non-hydrogen) atoms. The van der Waals surface area contributed by atoms with Gasteiger partial charge in [-0.1, -0.05) is 13.0 Å². The van der Waals surface area contributed by atoms with Crippen LogP contribution in [0.15, 0.2) is 18.2 Å². The summed E-state index contributed by atoms with van der Waals surface area (Å²) in [5.74, 6) is -2.13. The van der Waals surface area contributed by atoms with Crippen molar-refractivity contribution in [3.8, 4) is 5.75 Å². The van der Waals surface area contributed by atoms with Crippen molar-refractivity contribution in [2.24, 2.45) is 5.92 Å². The van der Waals surface area contributed by atoms with Crippen molar-refractivity contribution in [1.82, 2.24) is 0 Å². The van der Waals surface area contributed by atoms with Gasteiger partial charge in [-0.15, -0.1) is 0 Å². The third-order valence-corrected chi connectivity index (χ3v) is 3.08. The van der Waals surface area contributed by atoms with Crippen molar-refractivity contribution in [2.75, 3.05) is 0 Å². The number of hydrogen-bond acceptors (Lipinski definition) is 1. The summed E-state index contributed by atoms with van der Waals surface area (Å²) in [6.45, 7) is 2.14. The van der Waals surface area contributed by atoms with Crippen LogP contribution in [0.2, 0.25) is 0 Å². The Kier molecular flexibility index (Phi) is 2.95. The first-order valence-electron chi connectivity index (χ1n) is 5.46. The second kappa shape index (κ2) is 4.24. The molecular formula is C13H14F2O. The molecule has 1 atom stereocenters. The first kappa shape index (κ1) is 11.1. The number of phenolic OH excluding ortho intramolecular Hbond substituents is 1. The van der Waals surface area contributed by atoms with Gasteiger partial charge in [-0.2, -0.15) is 4.39 Å². The second-order valence-corrected chi connectivity index (χ2v) is 4.37. The van der Waals surface area contributed by atoms with Gasteiger partial charge < -0.3 is 5.11 Å². The molecule has 1 unspecified atom stereocenters. The molecular weight excluding hydrogens is 210 g/mol. The lowest BCUT2D eigenvalue weighted by Gasteiger charge is -2.19. The summed E-state index contributed by atoms with van der Waals surface area (Å²) in [5.41, 5.74) is 1.12. The zero-order valence-corrected chi connectivity index (χ0v) is 9.13. The topological polar surface area (TPSA) is 20.2 Å². The van der Waals surface area contributed by atoms with E-state index in [0.29, 0.717) is 5.92 Å². The van der Waals surface area contributed by atoms with Gasteiger partial charge in [-0.25, -0.2) is 4.39 Å². The Balaban J connectivity index is 2.38. The highest BCUT2D eigenvalue weighted by Gasteiger charge is 2.18. The summed E-state index contributed by atoms with van der Waals surface area (Å²) < 4.78 is 26.7. The summed E-state index contributed by atoms with van der Waals surface area (Å²) in [5, 5.41) is 9.03. The fourth-order valence-corrected chi connectivity index (χ4v) is 2.00. The van der Waals surface area contributed by atoms with E-state index in [1.54, 1.807) is 0 Å². The van der Waals surface area contributed by atoms with Crippen LogP contribution in [0.5, 0.6) is 5.75 Å². The highest BCUT2D eigenvalue weighted by Crippen LogP contribution is 2.33. The van der Waals surface area contributed by atoms with Crippen molar-refractivity contribution in [3.05, 3.63) is 35.4 Å². The van der Waals surface area contributed by atoms with Crippen LogP contribution in [0.25, 0.3) is 5.57 Å². The molecule has 1 aliphatic carbocycles. The van der Waals surface area contributed by atoms with E-state index in [1.165, 1.54) is 12.1 Å². The minimum atomic E-state index is -1.16. The maximum absolute atomic E-state index is 13.6. The van der Waals surface area contributed by atoms with Crippen molar-refractivity contribution in [1.29, 1.82) is 0 Å². The maximum atomic E-state index is 13.6. The molecule has 1 N–H and O–H groups in total. The molecule has 0 bridgehead atoms. The maximum Gasteiger partial charge on any atom is 0.200 e. The fourth-order valence-electron chi connectivity index (χ4n) is 2.00. The van der Waals surface area contributed by atoms with Crippen LogP contribution in [0.1, 0.15) is 31.7 Å². The Morgan fingerprint density at radius 3 is 2.62 bits per heavy atom. The van der Waals surface area contributed by atoms with Gasteiger partial charge >= 0.3 is 0 Å². The monoisotopic (exact) mass is 224 g/mol. The lowest BCUT2D eigenvalue weighted by atomic mass is 9.87. The first-order chi connectivity index (χ1) is 7.59. The molecule has 0 aliphatic heterocycles. The average molecular weight is 224 g/mol. The molecule has 0 radical (unpaired) electrons. The van der Waals surface area contributed by atoms with E-state index in [2.05, 4.69) is 6.92 Å². The number of phenols is 1. The summed E-state index contributed by atoms with van der Waals surface area (Å²) in [6.07, 6.45) is 4.62. The van der Waals surface area contributed by atoms with Gasteiger partial charge in [0.15, 0.2) is 11.6 Å². The summed E-state index contributed by atoms with van der Waals surface area (Å²) >= 11 is 0. The van der Waals surface area contributed by atoms with Gasteiger partial charge in [0.05, 0.1) is 0 Å². The van der Waals surface area contributed by atoms with E-state index in [1.807, 2.05) is 6.08 Å². The molecule has 0 saturated carbocycles. The van der Waals surface area contributed by atoms with Crippen molar-refractivity contribution < 1.29 is 13.9 Å². The van der Waals surface area contributed by atoms with E-state index in [-0.39, 0.29) is 5.56 Å². The minimum Gasteiger partial charge on any atom is -0.505 e. The molecule has 86 valence electrons. The molecule has 0 amide bonds. The van der Waals surface area contributed by atoms with Crippen molar-refractivity contribution in [3.63, 3.8) is 0 Å². The number of rotatable bonds is 1. The van der Waals surface area contributed by atoms with Crippen LogP contribution >= 0.6 is 0 Å². The van der Waals surface area contributed by atoms with Gasteiger partial charge in [0, 0.05) is 5.56 Å². The Bertz CT molecular complexity index is 438. The zero-order valence-electron chi connectivity index (χ0n) is 9.13. The normalized spacial score (nSPS) is 20.7. The fraction of sp³-hybridized carbons (Fsp3) is 0.385. The van der Waals surface area contributed by atoms with E-state index in [9.17, 15) is 8.78 Å². The number of aromatic hydroxyl groups is 1. The third kappa shape index (κ3) is 1.94. The molecule has 3 heteroatoms. The van der Waals surface area contributed by atoms with Gasteiger partial charge in [0.2, 0.25) is 5.82 Å². The SMILES string of the molecule is CC1CC=C(c2ccc(O)c(F)c2F)CC1. The Morgan fingerprint density at radius 2 is 2.00 bits per heavy atom. The minimum absolute atomic E-state index is 0.280. The Morgan fingerprint density at radius 1 is 1.25 bits per heavy atom. The lowest BCUT2D eigenvalue weighted by Crippen LogP contribution is -2.03. The molecule has 0 fully saturated rings. The van der Waals surface area contributed by atoms with Crippen LogP contribution in [0.4, 0.5) is 8.78 Å². The van der Waals surface area contributed by atoms with Crippen LogP contribution in [-0.2, 0) is 0 Å². The molecule has 0 aromatic heterocycles. The Labute approximate surface area is 93.4 Å². The predicted molar refractivity (Wildman–Crippen MR) is 59.0 cm³/mol. The van der Waals surface area contributed by atoms with E-state index in [4.69, 9.17) is 5.11 Å². The first-order valence-corrected chi connectivity index (χ1v) is 5.46. The quantitative estimate of drug-likeness (QED) is 0.767. The molecule has 0 saturated heterocycles. The van der Waals surface area contributed by atoms with Crippen LogP contribution in [0.3, 0.4) is 0 Å². The third-order valence-electron chi connectivity index (χ3n) is 3.08. The summed E-state index contributed by atoms with van der Waals surface area (Å²) in [7, 11) is 0. The van der Waals surface area contributed by atoms with Crippen molar-refractivity contribution >= 4 is 5.57 Å². The predicted octanol–water partition coefficient (Wildman–Crippen LogP) is 3.87. The molecule has 2 rings (SSSR count). The van der Waals surface area contributed by atoms with Gasteiger partial charge in [-0.3, -0.25) is 0 Å². The van der Waals surface area contributed by atoms with Crippen LogP contribution in [-0.4, -0.2) is 5.11 Å². The average Bonchev–Trinajstić information content (AvgIpc) is 2.28. The molecule has 1 aliphatic rings. The van der Waals surface area contributed by atoms with E-state index in [0.717, 1.165) is 24.8 Å². The highest BCUT2D eigenvalue weighted by molar-refractivity contribution is 5.67. The van der Waals surface area contributed by atoms with Crippen molar-refractivity contribution in [2.45, 2.75) is 26.2 Å². The summed E-state index contributed by atoms with van der Waals surface area (Å²) in [4.78, 5) is 0. The largest absolute Gasteiger partial charge is 0.505 e. The molecule has 1 nitrogen and oxygen atoms in total. The van der Waals surface area contributed by atoms with Crippen LogP contribution < -0.4 is 0 Å². The molecule has 0 heterocycles. The molecule has 1 aromatic rings. The van der Waals surface area contributed by atoms with E-state index >= 15 is 0 Å². The standard InChI is InChI=1S/C13H14F2O/c1-8-2-4-9(5-3-8)10-6-7-11(16)13(15)12(10)14/h4,6-8,16H,2-3,5H2,1H3. The molecule has 0 spiro atoms. The second-order valence-electron chi connectivity index (χ2n) is 4.37. The molecule has 1 aromatic carbocycles. The summed E-state index contributed by atoms with van der Waals surface area (Å²) in [6, 6.07) is 2.64. The Hall–Kier alpha value is -1.38. The van der Waals surface area contributed by atoms with Crippen LogP contribution in [0, 0.1) is 17.6 Å². The number of benzene rings is 1. The lowest BCUT2D eigenvalue weighted by molar-refractivity contribution is 0.406.